The maximum atomic E-state index is 14.9. The highest BCUT2D eigenvalue weighted by molar-refractivity contribution is 5.77. The maximum Gasteiger partial charge on any atom is 0.407 e. The summed E-state index contributed by atoms with van der Waals surface area (Å²) < 4.78 is 22.2. The Kier molecular flexibility index (Phi) is 3.46. The van der Waals surface area contributed by atoms with Crippen molar-refractivity contribution >= 4 is 17.1 Å². The van der Waals surface area contributed by atoms with Crippen LogP contribution in [0, 0.1) is 16.7 Å². The molecule has 7 heteroatoms. The van der Waals surface area contributed by atoms with Gasteiger partial charge in [0.05, 0.1) is 35.5 Å². The second kappa shape index (κ2) is 5.45. The summed E-state index contributed by atoms with van der Waals surface area (Å²) in [5.74, 6) is 0. The Hall–Kier alpha value is -2.62. The first-order chi connectivity index (χ1) is 11.9. The first-order valence-electron chi connectivity index (χ1n) is 8.39. The van der Waals surface area contributed by atoms with E-state index in [2.05, 4.69) is 16.4 Å². The Morgan fingerprint density at radius 1 is 1.56 bits per heavy atom. The number of benzene rings is 1. The molecule has 2 aliphatic rings. The second-order valence-corrected chi connectivity index (χ2v) is 7.45. The number of rotatable bonds is 2. The Balaban J connectivity index is 1.66. The van der Waals surface area contributed by atoms with Crippen molar-refractivity contribution in [3.63, 3.8) is 0 Å². The van der Waals surface area contributed by atoms with E-state index < -0.39 is 23.3 Å². The van der Waals surface area contributed by atoms with E-state index in [0.717, 1.165) is 11.0 Å². The number of nitrogens with one attached hydrogen (secondary N) is 1. The quantitative estimate of drug-likeness (QED) is 0.910. The summed E-state index contributed by atoms with van der Waals surface area (Å²) in [6.07, 6.45) is 1.62. The molecule has 4 rings (SSSR count). The average molecular weight is 342 g/mol. The summed E-state index contributed by atoms with van der Waals surface area (Å²) in [4.78, 5) is 15.8. The molecule has 1 aromatic carbocycles. The van der Waals surface area contributed by atoms with E-state index in [0.29, 0.717) is 37.9 Å². The molecule has 2 fully saturated rings. The number of carbonyl (C=O) groups is 1. The van der Waals surface area contributed by atoms with Crippen LogP contribution < -0.4 is 5.32 Å². The average Bonchev–Trinajstić information content (AvgIpc) is 3.15. The summed E-state index contributed by atoms with van der Waals surface area (Å²) in [5, 5.41) is 11.8. The minimum atomic E-state index is -0.992. The number of halogens is 1. The molecular formula is C18H19FN4O2. The third-order valence-electron chi connectivity index (χ3n) is 5.48. The molecule has 6 nitrogen and oxygen atoms in total. The van der Waals surface area contributed by atoms with Gasteiger partial charge in [0.2, 0.25) is 0 Å². The van der Waals surface area contributed by atoms with Crippen molar-refractivity contribution in [3.05, 3.63) is 30.1 Å². The van der Waals surface area contributed by atoms with Gasteiger partial charge in [-0.2, -0.15) is 5.26 Å². The Morgan fingerprint density at radius 3 is 3.12 bits per heavy atom. The van der Waals surface area contributed by atoms with Gasteiger partial charge in [0, 0.05) is 12.0 Å². The van der Waals surface area contributed by atoms with Crippen LogP contribution in [0.1, 0.15) is 31.7 Å². The van der Waals surface area contributed by atoms with E-state index in [1.165, 1.54) is 0 Å². The summed E-state index contributed by atoms with van der Waals surface area (Å²) in [7, 11) is 0. The lowest BCUT2D eigenvalue weighted by atomic mass is 9.67. The number of hydrogen-bond acceptors (Lipinski definition) is 4. The molecule has 1 spiro atoms. The van der Waals surface area contributed by atoms with Gasteiger partial charge in [0.1, 0.15) is 11.8 Å². The van der Waals surface area contributed by atoms with Crippen LogP contribution in [0.4, 0.5) is 9.18 Å². The van der Waals surface area contributed by atoms with Gasteiger partial charge in [0.25, 0.3) is 0 Å². The number of ether oxygens (including phenoxy) is 1. The zero-order valence-corrected chi connectivity index (χ0v) is 14.0. The minimum absolute atomic E-state index is 0.363. The fraction of sp³-hybridized carbons (Fsp3) is 0.500. The molecule has 1 aromatic heterocycles. The van der Waals surface area contributed by atoms with Crippen LogP contribution in [0.3, 0.4) is 0 Å². The smallest absolute Gasteiger partial charge is 0.407 e. The fourth-order valence-electron chi connectivity index (χ4n) is 4.21. The molecule has 0 unspecified atom stereocenters. The molecule has 3 atom stereocenters. The number of imidazole rings is 1. The monoisotopic (exact) mass is 342 g/mol. The first kappa shape index (κ1) is 15.9. The van der Waals surface area contributed by atoms with Gasteiger partial charge >= 0.3 is 6.09 Å². The summed E-state index contributed by atoms with van der Waals surface area (Å²) >= 11 is 0. The van der Waals surface area contributed by atoms with Gasteiger partial charge in [-0.3, -0.25) is 0 Å². The number of nitrogens with zero attached hydrogens (tertiary/aromatic N) is 3. The van der Waals surface area contributed by atoms with E-state index in [4.69, 9.17) is 10.00 Å². The van der Waals surface area contributed by atoms with Crippen molar-refractivity contribution in [3.8, 4) is 6.07 Å². The maximum absolute atomic E-state index is 14.9. The van der Waals surface area contributed by atoms with E-state index >= 15 is 0 Å². The number of alkyl carbamates (subject to hydrolysis) is 1. The lowest BCUT2D eigenvalue weighted by molar-refractivity contribution is -0.0664. The molecule has 25 heavy (non-hydrogen) atoms. The van der Waals surface area contributed by atoms with Crippen LogP contribution in [0.5, 0.6) is 0 Å². The Bertz CT molecular complexity index is 889. The number of carbonyl (C=O) groups excluding carboxylic acids is 1. The number of nitriles is 1. The van der Waals surface area contributed by atoms with Crippen LogP contribution in [0.2, 0.25) is 0 Å². The van der Waals surface area contributed by atoms with E-state index in [9.17, 15) is 9.18 Å². The van der Waals surface area contributed by atoms with Crippen molar-refractivity contribution < 1.29 is 13.9 Å². The highest BCUT2D eigenvalue weighted by atomic mass is 19.1. The second-order valence-electron chi connectivity index (χ2n) is 7.45. The predicted octanol–water partition coefficient (Wildman–Crippen LogP) is 2.91. The summed E-state index contributed by atoms with van der Waals surface area (Å²) in [6, 6.07) is 7.41. The predicted molar refractivity (Wildman–Crippen MR) is 88.5 cm³/mol. The fourth-order valence-corrected chi connectivity index (χ4v) is 4.21. The molecule has 0 bridgehead atoms. The van der Waals surface area contributed by atoms with Crippen LogP contribution in [0.15, 0.2) is 24.5 Å². The number of alkyl halides is 1. The van der Waals surface area contributed by atoms with E-state index in [1.54, 1.807) is 24.5 Å². The Labute approximate surface area is 144 Å². The number of fused-ring (bicyclic) bond motifs is 1. The van der Waals surface area contributed by atoms with Crippen LogP contribution in [0.25, 0.3) is 11.0 Å². The van der Waals surface area contributed by atoms with Gasteiger partial charge in [-0.15, -0.1) is 0 Å². The zero-order chi connectivity index (χ0) is 17.7. The van der Waals surface area contributed by atoms with Crippen molar-refractivity contribution in [1.82, 2.24) is 14.9 Å². The molecular weight excluding hydrogens is 323 g/mol. The molecule has 0 radical (unpaired) electrons. The van der Waals surface area contributed by atoms with E-state index in [1.807, 2.05) is 11.5 Å². The highest BCUT2D eigenvalue weighted by Crippen LogP contribution is 2.47. The molecule has 130 valence electrons. The normalized spacial score (nSPS) is 31.7. The lowest BCUT2D eigenvalue weighted by Crippen LogP contribution is -2.50. The van der Waals surface area contributed by atoms with Crippen LogP contribution in [-0.2, 0) is 11.3 Å². The number of hydrogen-bond donors (Lipinski definition) is 1. The summed E-state index contributed by atoms with van der Waals surface area (Å²) in [5.41, 5.74) is 0.833. The molecule has 1 saturated heterocycles. The van der Waals surface area contributed by atoms with Gasteiger partial charge in [-0.1, -0.05) is 6.92 Å². The van der Waals surface area contributed by atoms with Crippen LogP contribution in [-0.4, -0.2) is 34.0 Å². The zero-order valence-electron chi connectivity index (χ0n) is 14.0. The largest absolute Gasteiger partial charge is 0.441 e. The van der Waals surface area contributed by atoms with Gasteiger partial charge in [-0.25, -0.2) is 14.2 Å². The molecule has 2 heterocycles. The molecule has 1 aliphatic heterocycles. The van der Waals surface area contributed by atoms with Gasteiger partial charge < -0.3 is 14.6 Å². The third-order valence-corrected chi connectivity index (χ3v) is 5.48. The first-order valence-corrected chi connectivity index (χ1v) is 8.39. The molecule has 1 aliphatic carbocycles. The minimum Gasteiger partial charge on any atom is -0.441 e. The highest BCUT2D eigenvalue weighted by Gasteiger charge is 2.52. The van der Waals surface area contributed by atoms with Crippen molar-refractivity contribution in [1.29, 1.82) is 5.26 Å². The van der Waals surface area contributed by atoms with Gasteiger partial charge in [0.15, 0.2) is 0 Å². The molecule has 1 saturated carbocycles. The lowest BCUT2D eigenvalue weighted by Gasteiger charge is -2.45. The SMILES string of the molecule is C[C@@]1(Cn2cnc3ccc(C#N)cc32)C[C@@]2(CC[C@H]1F)CNC(=O)O2. The standard InChI is InChI=1S/C18H19FN4O2/c1-17(8-18(5-4-15(17)19)9-21-16(24)25-18)10-23-11-22-13-3-2-12(7-20)6-14(13)23/h2-3,6,11,15H,4-5,8-10H2,1H3,(H,21,24)/t15-,17+,18+/m1/s1. The Morgan fingerprint density at radius 2 is 2.40 bits per heavy atom. The number of amides is 1. The van der Waals surface area contributed by atoms with Crippen molar-refractivity contribution in [2.45, 2.75) is 44.5 Å². The van der Waals surface area contributed by atoms with Gasteiger partial charge in [-0.05, 0) is 37.5 Å². The molecule has 1 amide bonds. The topological polar surface area (TPSA) is 79.9 Å². The molecule has 1 N–H and O–H groups in total. The third kappa shape index (κ3) is 2.62. The molecule has 2 aromatic rings. The number of aromatic nitrogens is 2. The summed E-state index contributed by atoms with van der Waals surface area (Å²) in [6.45, 7) is 2.74. The van der Waals surface area contributed by atoms with E-state index in [-0.39, 0.29) is 0 Å². The van der Waals surface area contributed by atoms with Crippen LogP contribution >= 0.6 is 0 Å². The van der Waals surface area contributed by atoms with Crippen molar-refractivity contribution in [2.24, 2.45) is 5.41 Å². The van der Waals surface area contributed by atoms with Crippen molar-refractivity contribution in [2.75, 3.05) is 6.54 Å².